The zero-order valence-electron chi connectivity index (χ0n) is 18.4. The Morgan fingerprint density at radius 1 is 1.06 bits per heavy atom. The fourth-order valence-electron chi connectivity index (χ4n) is 5.20. The van der Waals surface area contributed by atoms with Crippen LogP contribution in [0.2, 0.25) is 0 Å². The van der Waals surface area contributed by atoms with Crippen LogP contribution in [0.3, 0.4) is 0 Å². The number of benzene rings is 2. The van der Waals surface area contributed by atoms with Gasteiger partial charge in [0.05, 0.1) is 6.54 Å². The van der Waals surface area contributed by atoms with E-state index < -0.39 is 5.54 Å². The van der Waals surface area contributed by atoms with E-state index in [1.807, 2.05) is 73.9 Å². The summed E-state index contributed by atoms with van der Waals surface area (Å²) in [6.07, 6.45) is 4.31. The quantitative estimate of drug-likeness (QED) is 0.672. The molecule has 0 saturated heterocycles. The zero-order chi connectivity index (χ0) is 21.8. The minimum atomic E-state index is -1.02. The van der Waals surface area contributed by atoms with Crippen LogP contribution >= 0.6 is 0 Å². The van der Waals surface area contributed by atoms with Crippen LogP contribution in [-0.2, 0) is 11.3 Å². The van der Waals surface area contributed by atoms with Crippen LogP contribution in [0.5, 0.6) is 0 Å². The lowest BCUT2D eigenvalue weighted by atomic mass is 9.92. The number of aromatic nitrogens is 1. The molecular weight excluding hydrogens is 386 g/mol. The van der Waals surface area contributed by atoms with Crippen LogP contribution in [0.25, 0.3) is 10.9 Å². The number of nitrogens with one attached hydrogen (secondary N) is 1. The lowest BCUT2D eigenvalue weighted by Gasteiger charge is -2.45. The highest BCUT2D eigenvalue weighted by Gasteiger charge is 2.49. The summed E-state index contributed by atoms with van der Waals surface area (Å²) in [5.41, 5.74) is 3.47. The van der Waals surface area contributed by atoms with Gasteiger partial charge in [0.1, 0.15) is 11.2 Å². The van der Waals surface area contributed by atoms with Gasteiger partial charge in [-0.1, -0.05) is 43.2 Å². The fourth-order valence-corrected chi connectivity index (χ4v) is 5.20. The monoisotopic (exact) mass is 415 g/mol. The molecule has 2 amide bonds. The number of carbonyl (C=O) groups is 2. The predicted octanol–water partition coefficient (Wildman–Crippen LogP) is 4.74. The largest absolute Gasteiger partial charge is 0.351 e. The van der Waals surface area contributed by atoms with E-state index in [1.54, 1.807) is 4.90 Å². The topological polar surface area (TPSA) is 54.3 Å². The lowest BCUT2D eigenvalue weighted by Crippen LogP contribution is -2.65. The number of rotatable bonds is 3. The van der Waals surface area contributed by atoms with Gasteiger partial charge in [-0.25, -0.2) is 0 Å². The van der Waals surface area contributed by atoms with Crippen molar-refractivity contribution in [2.75, 3.05) is 4.90 Å². The summed E-state index contributed by atoms with van der Waals surface area (Å²) in [5, 5.41) is 4.29. The van der Waals surface area contributed by atoms with E-state index in [1.165, 1.54) is 0 Å². The molecule has 2 heterocycles. The van der Waals surface area contributed by atoms with E-state index >= 15 is 0 Å². The van der Waals surface area contributed by atoms with E-state index in [4.69, 9.17) is 0 Å². The fraction of sp³-hybridized carbons (Fsp3) is 0.385. The van der Waals surface area contributed by atoms with E-state index in [9.17, 15) is 9.59 Å². The van der Waals surface area contributed by atoms with E-state index in [-0.39, 0.29) is 17.9 Å². The van der Waals surface area contributed by atoms with Crippen molar-refractivity contribution >= 4 is 28.4 Å². The molecule has 0 spiro atoms. The molecule has 5 heteroatoms. The molecule has 1 aliphatic carbocycles. The Hall–Kier alpha value is -3.08. The van der Waals surface area contributed by atoms with Crippen molar-refractivity contribution in [1.29, 1.82) is 0 Å². The molecule has 1 unspecified atom stereocenters. The molecule has 160 valence electrons. The van der Waals surface area contributed by atoms with Crippen molar-refractivity contribution in [3.05, 3.63) is 65.4 Å². The molecule has 1 saturated carbocycles. The molecule has 2 aromatic carbocycles. The second-order valence-corrected chi connectivity index (χ2v) is 9.33. The van der Waals surface area contributed by atoms with Crippen molar-refractivity contribution in [1.82, 2.24) is 9.88 Å². The van der Waals surface area contributed by atoms with Crippen molar-refractivity contribution in [3.8, 4) is 0 Å². The van der Waals surface area contributed by atoms with E-state index in [0.29, 0.717) is 12.2 Å². The Bertz CT molecular complexity index is 1190. The number of amides is 2. The summed E-state index contributed by atoms with van der Waals surface area (Å²) in [6, 6.07) is 16.2. The zero-order valence-corrected chi connectivity index (χ0v) is 18.4. The number of hydrogen-bond donors (Lipinski definition) is 1. The standard InChI is InChI=1S/C26H29N3O2/c1-17-12-13-18(2)22(14-17)29-24(30)23-15-19-8-4-7-11-21(19)28(23)16-26(29,3)25(31)27-20-9-5-6-10-20/h4,7-8,11-15,20H,5-6,9-10,16H2,1-3H3,(H,27,31). The van der Waals surface area contributed by atoms with Gasteiger partial charge in [0, 0.05) is 22.6 Å². The third kappa shape index (κ3) is 3.14. The van der Waals surface area contributed by atoms with Crippen LogP contribution < -0.4 is 10.2 Å². The summed E-state index contributed by atoms with van der Waals surface area (Å²) in [6.45, 7) is 6.36. The average Bonchev–Trinajstić information content (AvgIpc) is 3.38. The van der Waals surface area contributed by atoms with Gasteiger partial charge < -0.3 is 9.88 Å². The minimum absolute atomic E-state index is 0.0721. The second-order valence-electron chi connectivity index (χ2n) is 9.33. The molecule has 3 aromatic rings. The van der Waals surface area contributed by atoms with Crippen molar-refractivity contribution in [3.63, 3.8) is 0 Å². The Kier molecular flexibility index (Phi) is 4.65. The number of nitrogens with zero attached hydrogens (tertiary/aromatic N) is 2. The first-order valence-electron chi connectivity index (χ1n) is 11.2. The first-order valence-corrected chi connectivity index (χ1v) is 11.2. The highest BCUT2D eigenvalue weighted by Crippen LogP contribution is 2.38. The molecule has 31 heavy (non-hydrogen) atoms. The first kappa shape index (κ1) is 19.9. The molecule has 5 nitrogen and oxygen atoms in total. The summed E-state index contributed by atoms with van der Waals surface area (Å²) in [7, 11) is 0. The van der Waals surface area contributed by atoms with Gasteiger partial charge in [-0.3, -0.25) is 14.5 Å². The lowest BCUT2D eigenvalue weighted by molar-refractivity contribution is -0.127. The SMILES string of the molecule is Cc1ccc(C)c(N2C(=O)c3cc4ccccc4n3CC2(C)C(=O)NC2CCCC2)c1. The highest BCUT2D eigenvalue weighted by molar-refractivity contribution is 6.14. The molecule has 2 aliphatic rings. The number of fused-ring (bicyclic) bond motifs is 3. The van der Waals surface area contributed by atoms with Gasteiger partial charge in [0.25, 0.3) is 5.91 Å². The molecule has 0 radical (unpaired) electrons. The van der Waals surface area contributed by atoms with Gasteiger partial charge >= 0.3 is 0 Å². The maximum Gasteiger partial charge on any atom is 0.275 e. The molecule has 1 N–H and O–H groups in total. The normalized spacial score (nSPS) is 21.5. The van der Waals surface area contributed by atoms with Gasteiger partial charge in [-0.2, -0.15) is 0 Å². The molecule has 1 aromatic heterocycles. The number of aryl methyl sites for hydroxylation is 2. The summed E-state index contributed by atoms with van der Waals surface area (Å²) < 4.78 is 2.02. The first-order chi connectivity index (χ1) is 14.9. The molecule has 1 aliphatic heterocycles. The minimum Gasteiger partial charge on any atom is -0.351 e. The van der Waals surface area contributed by atoms with Crippen molar-refractivity contribution < 1.29 is 9.59 Å². The maximum atomic E-state index is 13.9. The van der Waals surface area contributed by atoms with Crippen LogP contribution in [0, 0.1) is 13.8 Å². The second kappa shape index (κ2) is 7.26. The highest BCUT2D eigenvalue weighted by atomic mass is 16.2. The van der Waals surface area contributed by atoms with E-state index in [0.717, 1.165) is 53.4 Å². The summed E-state index contributed by atoms with van der Waals surface area (Å²) >= 11 is 0. The van der Waals surface area contributed by atoms with Crippen LogP contribution in [0.15, 0.2) is 48.5 Å². The smallest absolute Gasteiger partial charge is 0.275 e. The third-order valence-corrected chi connectivity index (χ3v) is 6.98. The Labute approximate surface area is 183 Å². The van der Waals surface area contributed by atoms with Crippen molar-refractivity contribution in [2.45, 2.75) is 64.6 Å². The molecule has 5 rings (SSSR count). The van der Waals surface area contributed by atoms with Crippen molar-refractivity contribution in [2.24, 2.45) is 0 Å². The number of carbonyl (C=O) groups excluding carboxylic acids is 2. The molecular formula is C26H29N3O2. The predicted molar refractivity (Wildman–Crippen MR) is 123 cm³/mol. The Morgan fingerprint density at radius 2 is 1.81 bits per heavy atom. The van der Waals surface area contributed by atoms with Crippen LogP contribution in [0.4, 0.5) is 5.69 Å². The maximum absolute atomic E-state index is 13.9. The van der Waals surface area contributed by atoms with Gasteiger partial charge in [0.15, 0.2) is 0 Å². The number of hydrogen-bond acceptors (Lipinski definition) is 2. The molecule has 1 fully saturated rings. The third-order valence-electron chi connectivity index (χ3n) is 6.98. The van der Waals surface area contributed by atoms with E-state index in [2.05, 4.69) is 5.32 Å². The summed E-state index contributed by atoms with van der Waals surface area (Å²) in [5.74, 6) is -0.197. The molecule has 1 atom stereocenters. The average molecular weight is 416 g/mol. The number of anilines is 1. The number of para-hydroxylation sites is 1. The van der Waals surface area contributed by atoms with Crippen LogP contribution in [0.1, 0.15) is 54.2 Å². The van der Waals surface area contributed by atoms with Crippen LogP contribution in [-0.4, -0.2) is 28.0 Å². The Balaban J connectivity index is 1.67. The van der Waals surface area contributed by atoms with Gasteiger partial charge in [-0.15, -0.1) is 0 Å². The summed E-state index contributed by atoms with van der Waals surface area (Å²) in [4.78, 5) is 29.4. The molecule has 0 bridgehead atoms. The Morgan fingerprint density at radius 3 is 2.58 bits per heavy atom. The van der Waals surface area contributed by atoms with Gasteiger partial charge in [0.2, 0.25) is 5.91 Å². The van der Waals surface area contributed by atoms with Gasteiger partial charge in [-0.05, 0) is 62.9 Å².